The van der Waals surface area contributed by atoms with E-state index in [0.717, 1.165) is 35.1 Å². The Morgan fingerprint density at radius 3 is 2.73 bits per heavy atom. The van der Waals surface area contributed by atoms with Crippen molar-refractivity contribution in [3.8, 4) is 5.75 Å². The number of halogens is 2. The summed E-state index contributed by atoms with van der Waals surface area (Å²) in [6.45, 7) is 3.89. The van der Waals surface area contributed by atoms with Crippen LogP contribution in [-0.4, -0.2) is 35.2 Å². The molecular weight excluding hydrogens is 392 g/mol. The fourth-order valence-corrected chi connectivity index (χ4v) is 3.81. The molecule has 0 spiro atoms. The Hall–Kier alpha value is -0.600. The number of hydrogen-bond donors (Lipinski definition) is 2. The van der Waals surface area contributed by atoms with Crippen LogP contribution >= 0.6 is 28.3 Å². The zero-order valence-corrected chi connectivity index (χ0v) is 15.7. The maximum Gasteiger partial charge on any atom is 0.244 e. The van der Waals surface area contributed by atoms with E-state index >= 15 is 0 Å². The second-order valence-corrected chi connectivity index (χ2v) is 7.48. The number of ether oxygens (including phenoxy) is 1. The van der Waals surface area contributed by atoms with Gasteiger partial charge in [0.15, 0.2) is 0 Å². The summed E-state index contributed by atoms with van der Waals surface area (Å²) in [6, 6.07) is 3.29. The molecule has 1 aromatic rings. The Kier molecular flexibility index (Phi) is 7.34. The first-order valence-corrected chi connectivity index (χ1v) is 8.94. The van der Waals surface area contributed by atoms with E-state index in [9.17, 15) is 8.42 Å². The molecule has 2 rings (SSSR count). The molecule has 0 radical (unpaired) electrons. The van der Waals surface area contributed by atoms with Crippen molar-refractivity contribution >= 4 is 38.4 Å². The topological polar surface area (TPSA) is 67.4 Å². The Balaban J connectivity index is 0.00000242. The Bertz CT molecular complexity index is 662. The van der Waals surface area contributed by atoms with Crippen LogP contribution in [-0.2, 0) is 10.0 Å². The summed E-state index contributed by atoms with van der Waals surface area (Å²) in [5, 5.41) is 3.20. The van der Waals surface area contributed by atoms with Gasteiger partial charge >= 0.3 is 0 Å². The van der Waals surface area contributed by atoms with Gasteiger partial charge in [-0.25, -0.2) is 13.1 Å². The number of methoxy groups -OCH3 is 1. The van der Waals surface area contributed by atoms with Crippen LogP contribution in [0.4, 0.5) is 0 Å². The molecule has 0 fully saturated rings. The summed E-state index contributed by atoms with van der Waals surface area (Å²) in [4.78, 5) is 0.150. The number of rotatable bonds is 5. The lowest BCUT2D eigenvalue weighted by molar-refractivity contribution is 0.402. The summed E-state index contributed by atoms with van der Waals surface area (Å²) in [5.41, 5.74) is 2.02. The highest BCUT2D eigenvalue weighted by Crippen LogP contribution is 2.30. The molecule has 22 heavy (non-hydrogen) atoms. The maximum atomic E-state index is 12.5. The Labute approximate surface area is 146 Å². The first-order chi connectivity index (χ1) is 9.94. The fraction of sp³-hybridized carbons (Fsp3) is 0.429. The third kappa shape index (κ3) is 4.70. The monoisotopic (exact) mass is 410 g/mol. The van der Waals surface area contributed by atoms with Crippen molar-refractivity contribution in [1.29, 1.82) is 0 Å². The SMILES string of the molecule is COc1cc(C)c(Br)cc1S(=O)(=O)NCC1=CCNCC1.Cl. The van der Waals surface area contributed by atoms with Crippen molar-refractivity contribution in [1.82, 2.24) is 10.0 Å². The number of hydrogen-bond acceptors (Lipinski definition) is 4. The molecule has 2 N–H and O–H groups in total. The number of nitrogens with one attached hydrogen (secondary N) is 2. The van der Waals surface area contributed by atoms with Crippen LogP contribution in [0.1, 0.15) is 12.0 Å². The van der Waals surface area contributed by atoms with Gasteiger partial charge in [-0.05, 0) is 37.6 Å². The lowest BCUT2D eigenvalue weighted by atomic mass is 10.1. The van der Waals surface area contributed by atoms with Gasteiger partial charge in [0.1, 0.15) is 10.6 Å². The fourth-order valence-electron chi connectivity index (χ4n) is 2.10. The standard InChI is InChI=1S/C14H19BrN2O3S.ClH/c1-10-7-13(20-2)14(8-12(10)15)21(18,19)17-9-11-3-5-16-6-4-11;/h3,7-8,16-17H,4-6,9H2,1-2H3;1H. The van der Waals surface area contributed by atoms with Gasteiger partial charge in [-0.3, -0.25) is 0 Å². The molecule has 0 unspecified atom stereocenters. The Morgan fingerprint density at radius 2 is 2.14 bits per heavy atom. The van der Waals surface area contributed by atoms with Crippen molar-refractivity contribution in [3.63, 3.8) is 0 Å². The number of aryl methyl sites for hydroxylation is 1. The highest BCUT2D eigenvalue weighted by Gasteiger charge is 2.21. The van der Waals surface area contributed by atoms with Crippen molar-refractivity contribution < 1.29 is 13.2 Å². The minimum atomic E-state index is -3.61. The summed E-state index contributed by atoms with van der Waals surface area (Å²) in [7, 11) is -2.14. The third-order valence-electron chi connectivity index (χ3n) is 3.38. The molecule has 1 aliphatic rings. The van der Waals surface area contributed by atoms with E-state index in [2.05, 4.69) is 26.0 Å². The summed E-state index contributed by atoms with van der Waals surface area (Å²) < 4.78 is 33.5. The zero-order chi connectivity index (χ0) is 15.5. The number of sulfonamides is 1. The van der Waals surface area contributed by atoms with E-state index in [1.54, 1.807) is 12.1 Å². The van der Waals surface area contributed by atoms with E-state index in [-0.39, 0.29) is 17.3 Å². The quantitative estimate of drug-likeness (QED) is 0.730. The summed E-state index contributed by atoms with van der Waals surface area (Å²) >= 11 is 3.36. The first kappa shape index (κ1) is 19.4. The molecule has 0 saturated carbocycles. The largest absolute Gasteiger partial charge is 0.495 e. The lowest BCUT2D eigenvalue weighted by Gasteiger charge is -2.16. The third-order valence-corrected chi connectivity index (χ3v) is 5.66. The van der Waals surface area contributed by atoms with Gasteiger partial charge in [-0.2, -0.15) is 0 Å². The molecule has 1 aromatic carbocycles. The molecule has 8 heteroatoms. The van der Waals surface area contributed by atoms with Crippen LogP contribution in [0.3, 0.4) is 0 Å². The predicted molar refractivity (Wildman–Crippen MR) is 93.4 cm³/mol. The van der Waals surface area contributed by atoms with E-state index in [1.165, 1.54) is 7.11 Å². The molecule has 124 valence electrons. The van der Waals surface area contributed by atoms with Gasteiger partial charge < -0.3 is 10.1 Å². The molecule has 0 aliphatic carbocycles. The van der Waals surface area contributed by atoms with Gasteiger partial charge in [0.2, 0.25) is 10.0 Å². The first-order valence-electron chi connectivity index (χ1n) is 6.66. The number of benzene rings is 1. The molecular formula is C14H20BrClN2O3S. The molecule has 0 amide bonds. The van der Waals surface area contributed by atoms with Gasteiger partial charge in [0.25, 0.3) is 0 Å². The molecule has 1 heterocycles. The second kappa shape index (κ2) is 8.31. The van der Waals surface area contributed by atoms with Crippen molar-refractivity contribution in [2.24, 2.45) is 0 Å². The molecule has 0 aromatic heterocycles. The smallest absolute Gasteiger partial charge is 0.244 e. The lowest BCUT2D eigenvalue weighted by Crippen LogP contribution is -2.30. The molecule has 0 saturated heterocycles. The predicted octanol–water partition coefficient (Wildman–Crippen LogP) is 2.39. The van der Waals surface area contributed by atoms with E-state index in [0.29, 0.717) is 12.3 Å². The van der Waals surface area contributed by atoms with Gasteiger partial charge in [-0.1, -0.05) is 27.6 Å². The van der Waals surface area contributed by atoms with E-state index in [1.807, 2.05) is 13.0 Å². The van der Waals surface area contributed by atoms with Crippen LogP contribution in [0.15, 0.2) is 33.2 Å². The highest BCUT2D eigenvalue weighted by atomic mass is 79.9. The highest BCUT2D eigenvalue weighted by molar-refractivity contribution is 9.10. The molecule has 0 bridgehead atoms. The van der Waals surface area contributed by atoms with Gasteiger partial charge in [-0.15, -0.1) is 12.4 Å². The minimum Gasteiger partial charge on any atom is -0.495 e. The van der Waals surface area contributed by atoms with Gasteiger partial charge in [0, 0.05) is 17.6 Å². The van der Waals surface area contributed by atoms with Crippen LogP contribution in [0.2, 0.25) is 0 Å². The van der Waals surface area contributed by atoms with E-state index < -0.39 is 10.0 Å². The van der Waals surface area contributed by atoms with Crippen molar-refractivity contribution in [3.05, 3.63) is 33.8 Å². The Morgan fingerprint density at radius 1 is 1.41 bits per heavy atom. The van der Waals surface area contributed by atoms with E-state index in [4.69, 9.17) is 4.74 Å². The average Bonchev–Trinajstić information content (AvgIpc) is 2.48. The van der Waals surface area contributed by atoms with Crippen LogP contribution in [0.5, 0.6) is 5.75 Å². The van der Waals surface area contributed by atoms with Crippen molar-refractivity contribution in [2.45, 2.75) is 18.2 Å². The van der Waals surface area contributed by atoms with Crippen LogP contribution < -0.4 is 14.8 Å². The molecule has 5 nitrogen and oxygen atoms in total. The molecule has 0 atom stereocenters. The second-order valence-electron chi connectivity index (χ2n) is 4.89. The summed E-state index contributed by atoms with van der Waals surface area (Å²) in [5.74, 6) is 0.350. The minimum absolute atomic E-state index is 0. The summed E-state index contributed by atoms with van der Waals surface area (Å²) in [6.07, 6.45) is 2.88. The maximum absolute atomic E-state index is 12.5. The van der Waals surface area contributed by atoms with Crippen molar-refractivity contribution in [2.75, 3.05) is 26.7 Å². The normalized spacial score (nSPS) is 15.0. The zero-order valence-electron chi connectivity index (χ0n) is 12.5. The van der Waals surface area contributed by atoms with Gasteiger partial charge in [0.05, 0.1) is 7.11 Å². The van der Waals surface area contributed by atoms with Crippen LogP contribution in [0, 0.1) is 6.92 Å². The van der Waals surface area contributed by atoms with Crippen LogP contribution in [0.25, 0.3) is 0 Å². The average molecular weight is 412 g/mol. The molecule has 1 aliphatic heterocycles.